The van der Waals surface area contributed by atoms with Gasteiger partial charge < -0.3 is 14.2 Å². The topological polar surface area (TPSA) is 61.8 Å². The van der Waals surface area contributed by atoms with Gasteiger partial charge in [0.2, 0.25) is 0 Å². The molecule has 0 saturated heterocycles. The maximum Gasteiger partial charge on any atom is 0.330 e. The number of carbonyl (C=O) groups excluding carboxylic acids is 2. The molecule has 0 fully saturated rings. The van der Waals surface area contributed by atoms with Gasteiger partial charge in [0.15, 0.2) is 5.78 Å². The van der Waals surface area contributed by atoms with Gasteiger partial charge in [-0.2, -0.15) is 0 Å². The summed E-state index contributed by atoms with van der Waals surface area (Å²) in [6.45, 7) is 16.7. The van der Waals surface area contributed by atoms with E-state index in [1.807, 2.05) is 0 Å². The van der Waals surface area contributed by atoms with E-state index in [4.69, 9.17) is 14.2 Å². The Morgan fingerprint density at radius 2 is 1.62 bits per heavy atom. The van der Waals surface area contributed by atoms with Gasteiger partial charge in [-0.15, -0.1) is 0 Å². The minimum Gasteiger partial charge on any atom is -0.494 e. The third kappa shape index (κ3) is 8.57. The highest BCUT2D eigenvalue weighted by Gasteiger charge is 2.29. The van der Waals surface area contributed by atoms with Gasteiger partial charge in [-0.1, -0.05) is 37.8 Å². The third-order valence-electron chi connectivity index (χ3n) is 7.21. The van der Waals surface area contributed by atoms with Crippen LogP contribution in [0.3, 0.4) is 0 Å². The second-order valence-corrected chi connectivity index (χ2v) is 10.6. The van der Waals surface area contributed by atoms with Crippen molar-refractivity contribution in [3.63, 3.8) is 0 Å². The number of Topliss-reactive ketones (excluding diaryl/α,β-unsaturated/α-hetero) is 1. The summed E-state index contributed by atoms with van der Waals surface area (Å²) < 4.78 is 16.7. The fraction of sp³-hybridized carbons (Fsp3) is 0.371. The lowest BCUT2D eigenvalue weighted by Crippen LogP contribution is -2.24. The monoisotopic (exact) mass is 542 g/mol. The van der Waals surface area contributed by atoms with Crippen molar-refractivity contribution >= 4 is 11.8 Å². The maximum atomic E-state index is 11.1. The molecule has 1 aliphatic rings. The molecule has 0 aliphatic carbocycles. The van der Waals surface area contributed by atoms with Crippen molar-refractivity contribution < 1.29 is 23.8 Å². The smallest absolute Gasteiger partial charge is 0.330 e. The van der Waals surface area contributed by atoms with Crippen molar-refractivity contribution in [2.24, 2.45) is 5.92 Å². The number of benzene rings is 3. The first kappa shape index (κ1) is 30.7. The van der Waals surface area contributed by atoms with Crippen LogP contribution in [0.25, 0.3) is 0 Å². The first-order chi connectivity index (χ1) is 19.1. The van der Waals surface area contributed by atoms with Gasteiger partial charge in [-0.25, -0.2) is 4.79 Å². The quantitative estimate of drug-likeness (QED) is 0.119. The lowest BCUT2D eigenvalue weighted by Gasteiger charge is -2.33. The van der Waals surface area contributed by atoms with Crippen molar-refractivity contribution in [2.75, 3.05) is 13.2 Å². The van der Waals surface area contributed by atoms with E-state index in [9.17, 15) is 9.59 Å². The highest BCUT2D eigenvalue weighted by molar-refractivity contribution is 5.94. The van der Waals surface area contributed by atoms with Crippen molar-refractivity contribution in [1.29, 1.82) is 0 Å². The maximum absolute atomic E-state index is 11.1. The number of rotatable bonds is 9. The summed E-state index contributed by atoms with van der Waals surface area (Å²) in [5.74, 6) is 1.94. The average Bonchev–Trinajstić information content (AvgIpc) is 2.92. The summed E-state index contributed by atoms with van der Waals surface area (Å²) in [4.78, 5) is 21.8. The van der Waals surface area contributed by atoms with Gasteiger partial charge in [-0.05, 0) is 118 Å². The van der Waals surface area contributed by atoms with Crippen LogP contribution in [0.2, 0.25) is 0 Å². The number of fused-ring (bicyclic) bond motifs is 1. The fourth-order valence-corrected chi connectivity index (χ4v) is 4.76. The lowest BCUT2D eigenvalue weighted by molar-refractivity contribution is -0.137. The van der Waals surface area contributed by atoms with Crippen LogP contribution in [-0.2, 0) is 16.0 Å². The van der Waals surface area contributed by atoms with E-state index in [1.54, 1.807) is 24.3 Å². The van der Waals surface area contributed by atoms with E-state index in [0.29, 0.717) is 24.7 Å². The molecule has 2 atom stereocenters. The molecule has 3 aromatic rings. The molecule has 0 spiro atoms. The Morgan fingerprint density at radius 3 is 2.27 bits per heavy atom. The molecule has 0 amide bonds. The highest BCUT2D eigenvalue weighted by Crippen LogP contribution is 2.40. The number of carbonyl (C=O) groups is 2. The van der Waals surface area contributed by atoms with Gasteiger partial charge in [0.1, 0.15) is 17.6 Å². The molecule has 5 heteroatoms. The lowest BCUT2D eigenvalue weighted by atomic mass is 9.85. The average molecular weight is 543 g/mol. The number of ketones is 1. The molecule has 5 nitrogen and oxygen atoms in total. The Bertz CT molecular complexity index is 1320. The molecule has 3 aromatic carbocycles. The molecule has 0 unspecified atom stereocenters. The van der Waals surface area contributed by atoms with E-state index in [-0.39, 0.29) is 11.9 Å². The van der Waals surface area contributed by atoms with Crippen molar-refractivity contribution in [3.05, 3.63) is 106 Å². The van der Waals surface area contributed by atoms with Crippen LogP contribution < -0.4 is 9.47 Å². The number of ether oxygens (including phenoxy) is 3. The normalized spacial score (nSPS) is 15.6. The third-order valence-corrected chi connectivity index (χ3v) is 7.21. The summed E-state index contributed by atoms with van der Waals surface area (Å²) in [5, 5.41) is 0. The molecule has 40 heavy (non-hydrogen) atoms. The van der Waals surface area contributed by atoms with E-state index in [1.165, 1.54) is 40.3 Å². The largest absolute Gasteiger partial charge is 0.494 e. The highest BCUT2D eigenvalue weighted by atomic mass is 16.5. The SMILES string of the molecule is C=CC(=O)OCCCCOc1ccc(C(C)=O)cc1.Cc1cc(C)c2c(c1)O[C@H](c1ccc(C)c(C)c1)[C@@H](C)C2. The van der Waals surface area contributed by atoms with Crippen molar-refractivity contribution in [3.8, 4) is 11.5 Å². The van der Waals surface area contributed by atoms with Crippen LogP contribution in [0, 0.1) is 33.6 Å². The Hall–Kier alpha value is -3.86. The molecule has 0 aromatic heterocycles. The minimum absolute atomic E-state index is 0.0376. The minimum atomic E-state index is -0.402. The molecule has 212 valence electrons. The van der Waals surface area contributed by atoms with Crippen LogP contribution in [-0.4, -0.2) is 25.0 Å². The second kappa shape index (κ2) is 14.5. The standard InChI is InChI=1S/C20H24O.C15H18O4/c1-12-8-15(4)18-11-16(5)20(21-19(18)9-12)17-7-6-13(2)14(3)10-17;1-3-15(17)19-11-5-4-10-18-14-8-6-13(7-9-14)12(2)16/h6-10,16,20H,11H2,1-5H3;3,6-9H,1,4-5,10-11H2,2H3/t16-,20-;/m0./s1. The summed E-state index contributed by atoms with van der Waals surface area (Å²) in [6, 6.07) is 18.2. The van der Waals surface area contributed by atoms with Gasteiger partial charge in [0.25, 0.3) is 0 Å². The predicted octanol–water partition coefficient (Wildman–Crippen LogP) is 8.01. The molecule has 0 saturated carbocycles. The molecule has 4 rings (SSSR count). The number of hydrogen-bond acceptors (Lipinski definition) is 5. The Labute approximate surface area is 239 Å². The predicted molar refractivity (Wildman–Crippen MR) is 160 cm³/mol. The van der Waals surface area contributed by atoms with Crippen molar-refractivity contribution in [2.45, 2.75) is 66.9 Å². The fourth-order valence-electron chi connectivity index (χ4n) is 4.76. The van der Waals surface area contributed by atoms with Crippen LogP contribution in [0.15, 0.2) is 67.3 Å². The summed E-state index contributed by atoms with van der Waals surface area (Å²) in [5.41, 5.74) is 8.67. The van der Waals surface area contributed by atoms with E-state index in [0.717, 1.165) is 36.8 Å². The molecular weight excluding hydrogens is 500 g/mol. The molecule has 0 bridgehead atoms. The molecule has 0 N–H and O–H groups in total. The van der Waals surface area contributed by atoms with Gasteiger partial charge in [-0.3, -0.25) is 4.79 Å². The zero-order valence-electron chi connectivity index (χ0n) is 24.7. The number of esters is 1. The van der Waals surface area contributed by atoms with E-state index < -0.39 is 5.97 Å². The summed E-state index contributed by atoms with van der Waals surface area (Å²) in [7, 11) is 0. The van der Waals surface area contributed by atoms with E-state index in [2.05, 4.69) is 71.5 Å². The van der Waals surface area contributed by atoms with E-state index >= 15 is 0 Å². The Balaban J connectivity index is 0.000000222. The number of aryl methyl sites for hydroxylation is 4. The zero-order valence-corrected chi connectivity index (χ0v) is 24.7. The summed E-state index contributed by atoms with van der Waals surface area (Å²) in [6.07, 6.45) is 3.94. The first-order valence-electron chi connectivity index (χ1n) is 14.0. The van der Waals surface area contributed by atoms with Crippen molar-refractivity contribution in [1.82, 2.24) is 0 Å². The van der Waals surface area contributed by atoms with Gasteiger partial charge >= 0.3 is 5.97 Å². The Morgan fingerprint density at radius 1 is 0.925 bits per heavy atom. The van der Waals surface area contributed by atoms with Crippen LogP contribution >= 0.6 is 0 Å². The van der Waals surface area contributed by atoms with Gasteiger partial charge in [0.05, 0.1) is 13.2 Å². The van der Waals surface area contributed by atoms with Gasteiger partial charge in [0, 0.05) is 17.6 Å². The Kier molecular flexibility index (Phi) is 11.1. The van der Waals surface area contributed by atoms with Crippen LogP contribution in [0.4, 0.5) is 0 Å². The summed E-state index contributed by atoms with van der Waals surface area (Å²) >= 11 is 0. The van der Waals surface area contributed by atoms with Crippen LogP contribution in [0.5, 0.6) is 11.5 Å². The number of unbranched alkanes of at least 4 members (excludes halogenated alkanes) is 1. The molecule has 0 radical (unpaired) electrons. The first-order valence-corrected chi connectivity index (χ1v) is 14.0. The molecule has 1 aliphatic heterocycles. The number of hydrogen-bond donors (Lipinski definition) is 0. The zero-order chi connectivity index (χ0) is 29.2. The van der Waals surface area contributed by atoms with Crippen LogP contribution in [0.1, 0.15) is 76.5 Å². The molecule has 1 heterocycles. The second-order valence-electron chi connectivity index (χ2n) is 10.6. The molecular formula is C35H42O5.